The summed E-state index contributed by atoms with van der Waals surface area (Å²) in [6.07, 6.45) is 2.32. The summed E-state index contributed by atoms with van der Waals surface area (Å²) in [5.41, 5.74) is 2.23. The molecule has 162 valence electrons. The van der Waals surface area contributed by atoms with E-state index in [0.29, 0.717) is 30.2 Å². The molecule has 3 rings (SSSR count). The van der Waals surface area contributed by atoms with Crippen molar-refractivity contribution in [3.8, 4) is 5.75 Å². The molecule has 0 amide bonds. The third-order valence-corrected chi connectivity index (χ3v) is 4.93. The Balaban J connectivity index is 1.94. The van der Waals surface area contributed by atoms with Crippen LogP contribution < -0.4 is 10.6 Å². The van der Waals surface area contributed by atoms with Gasteiger partial charge in [-0.1, -0.05) is 18.2 Å². The molecule has 8 nitrogen and oxygen atoms in total. The molecule has 2 aromatic heterocycles. The van der Waals surface area contributed by atoms with Crippen LogP contribution >= 0.6 is 0 Å². The van der Waals surface area contributed by atoms with E-state index >= 15 is 0 Å². The van der Waals surface area contributed by atoms with Gasteiger partial charge >= 0.3 is 0 Å². The van der Waals surface area contributed by atoms with Crippen LogP contribution in [0.5, 0.6) is 5.75 Å². The Bertz CT molecular complexity index is 1020. The van der Waals surface area contributed by atoms with Crippen molar-refractivity contribution in [3.63, 3.8) is 0 Å². The molecule has 1 unspecified atom stereocenters. The largest absolute Gasteiger partial charge is 0.507 e. The van der Waals surface area contributed by atoms with E-state index in [0.717, 1.165) is 16.8 Å². The second-order valence-electron chi connectivity index (χ2n) is 8.81. The van der Waals surface area contributed by atoms with E-state index in [2.05, 4.69) is 39.4 Å². The first-order valence-corrected chi connectivity index (χ1v) is 10.3. The molecule has 0 fully saturated rings. The summed E-state index contributed by atoms with van der Waals surface area (Å²) in [7, 11) is 0. The zero-order chi connectivity index (χ0) is 22.1. The lowest BCUT2D eigenvalue weighted by Gasteiger charge is -2.23. The number of phenolic OH excluding ortho intramolecular Hbond substituents is 1. The van der Waals surface area contributed by atoms with Crippen LogP contribution in [-0.4, -0.2) is 41.4 Å². The van der Waals surface area contributed by atoms with Gasteiger partial charge in [0, 0.05) is 24.2 Å². The van der Waals surface area contributed by atoms with Gasteiger partial charge in [0.2, 0.25) is 5.95 Å². The molecular weight excluding hydrogens is 380 g/mol. The van der Waals surface area contributed by atoms with Crippen LogP contribution in [0.4, 0.5) is 11.8 Å². The number of nitrogens with one attached hydrogen (secondary N) is 2. The molecule has 0 saturated carbocycles. The summed E-state index contributed by atoms with van der Waals surface area (Å²) in [5.74, 6) is 1.34. The Kier molecular flexibility index (Phi) is 6.17. The van der Waals surface area contributed by atoms with Gasteiger partial charge in [-0.3, -0.25) is 0 Å². The van der Waals surface area contributed by atoms with Gasteiger partial charge in [0.15, 0.2) is 17.0 Å². The minimum absolute atomic E-state index is 0.0217. The highest BCUT2D eigenvalue weighted by atomic mass is 16.3. The number of hydrogen-bond acceptors (Lipinski definition) is 7. The molecular formula is C22H32N6O2. The third-order valence-electron chi connectivity index (χ3n) is 4.93. The number of aliphatic hydroxyl groups is 1. The molecule has 0 aliphatic heterocycles. The SMILES string of the molecule is Cc1cccc(CNc2nc(NC(C)CC(C)(C)O)nc3c2ncn3C(C)C)c1O. The lowest BCUT2D eigenvalue weighted by atomic mass is 10.0. The van der Waals surface area contributed by atoms with E-state index in [1.54, 1.807) is 20.2 Å². The number of para-hydroxylation sites is 1. The minimum atomic E-state index is -0.792. The topological polar surface area (TPSA) is 108 Å². The smallest absolute Gasteiger partial charge is 0.226 e. The monoisotopic (exact) mass is 412 g/mol. The molecule has 0 saturated heterocycles. The van der Waals surface area contributed by atoms with Crippen molar-refractivity contribution in [1.82, 2.24) is 19.5 Å². The fourth-order valence-corrected chi connectivity index (χ4v) is 3.54. The fraction of sp³-hybridized carbons (Fsp3) is 0.500. The van der Waals surface area contributed by atoms with Crippen LogP contribution in [-0.2, 0) is 6.54 Å². The molecule has 0 aliphatic rings. The minimum Gasteiger partial charge on any atom is -0.507 e. The number of aromatic nitrogens is 4. The molecule has 1 atom stereocenters. The predicted octanol–water partition coefficient (Wildman–Crippen LogP) is 3.99. The average Bonchev–Trinajstić information content (AvgIpc) is 3.05. The van der Waals surface area contributed by atoms with E-state index in [9.17, 15) is 10.2 Å². The van der Waals surface area contributed by atoms with Gasteiger partial charge in [-0.2, -0.15) is 9.97 Å². The normalized spacial score (nSPS) is 13.1. The highest BCUT2D eigenvalue weighted by Gasteiger charge is 2.20. The Morgan fingerprint density at radius 2 is 1.90 bits per heavy atom. The molecule has 2 heterocycles. The number of aromatic hydroxyl groups is 1. The van der Waals surface area contributed by atoms with Crippen molar-refractivity contribution in [2.75, 3.05) is 10.6 Å². The lowest BCUT2D eigenvalue weighted by molar-refractivity contribution is 0.0672. The molecule has 4 N–H and O–H groups in total. The molecule has 3 aromatic rings. The lowest BCUT2D eigenvalue weighted by Crippen LogP contribution is -2.29. The predicted molar refractivity (Wildman–Crippen MR) is 120 cm³/mol. The van der Waals surface area contributed by atoms with Gasteiger partial charge in [0.1, 0.15) is 5.75 Å². The molecule has 8 heteroatoms. The van der Waals surface area contributed by atoms with Crippen LogP contribution in [0.3, 0.4) is 0 Å². The number of benzene rings is 1. The number of hydrogen-bond donors (Lipinski definition) is 4. The van der Waals surface area contributed by atoms with E-state index in [4.69, 9.17) is 0 Å². The van der Waals surface area contributed by atoms with Crippen LogP contribution in [0.25, 0.3) is 11.2 Å². The number of nitrogens with zero attached hydrogens (tertiary/aromatic N) is 4. The van der Waals surface area contributed by atoms with Crippen molar-refractivity contribution >= 4 is 22.9 Å². The Morgan fingerprint density at radius 3 is 2.57 bits per heavy atom. The number of rotatable bonds is 8. The van der Waals surface area contributed by atoms with E-state index < -0.39 is 5.60 Å². The molecule has 0 aliphatic carbocycles. The second-order valence-corrected chi connectivity index (χ2v) is 8.81. The standard InChI is InChI=1S/C22H32N6O2/c1-13(2)28-12-24-17-19(23-11-16-9-7-8-14(3)18(16)29)26-21(27-20(17)28)25-15(4)10-22(5,6)30/h7-9,12-13,15,29-30H,10-11H2,1-6H3,(H2,23,25,26,27). The Morgan fingerprint density at radius 1 is 1.17 bits per heavy atom. The van der Waals surface area contributed by atoms with Gasteiger partial charge in [0.05, 0.1) is 11.9 Å². The maximum Gasteiger partial charge on any atom is 0.226 e. The van der Waals surface area contributed by atoms with Gasteiger partial charge in [-0.25, -0.2) is 4.98 Å². The summed E-state index contributed by atoms with van der Waals surface area (Å²) in [5, 5.41) is 27.0. The summed E-state index contributed by atoms with van der Waals surface area (Å²) in [6, 6.07) is 5.84. The number of aryl methyl sites for hydroxylation is 1. The Hall–Kier alpha value is -2.87. The van der Waals surface area contributed by atoms with Crippen LogP contribution in [0.1, 0.15) is 58.2 Å². The Labute approximate surface area is 177 Å². The third kappa shape index (κ3) is 4.99. The molecule has 0 radical (unpaired) electrons. The zero-order valence-electron chi connectivity index (χ0n) is 18.6. The maximum absolute atomic E-state index is 10.3. The van der Waals surface area contributed by atoms with Gasteiger partial charge < -0.3 is 25.4 Å². The van der Waals surface area contributed by atoms with E-state index in [1.807, 2.05) is 36.6 Å². The molecule has 0 bridgehead atoms. The number of fused-ring (bicyclic) bond motifs is 1. The second kappa shape index (κ2) is 8.47. The van der Waals surface area contributed by atoms with Gasteiger partial charge in [-0.15, -0.1) is 0 Å². The summed E-state index contributed by atoms with van der Waals surface area (Å²) in [6.45, 7) is 12.0. The molecule has 30 heavy (non-hydrogen) atoms. The highest BCUT2D eigenvalue weighted by molar-refractivity contribution is 5.84. The average molecular weight is 413 g/mol. The summed E-state index contributed by atoms with van der Waals surface area (Å²) in [4.78, 5) is 13.8. The molecule has 0 spiro atoms. The maximum atomic E-state index is 10.3. The quantitative estimate of drug-likeness (QED) is 0.443. The number of imidazole rings is 1. The van der Waals surface area contributed by atoms with Crippen LogP contribution in [0.2, 0.25) is 0 Å². The summed E-state index contributed by atoms with van der Waals surface area (Å²) < 4.78 is 2.00. The van der Waals surface area contributed by atoms with Gasteiger partial charge in [-0.05, 0) is 53.5 Å². The van der Waals surface area contributed by atoms with Crippen molar-refractivity contribution in [1.29, 1.82) is 0 Å². The van der Waals surface area contributed by atoms with Crippen LogP contribution in [0, 0.1) is 6.92 Å². The van der Waals surface area contributed by atoms with Crippen molar-refractivity contribution < 1.29 is 10.2 Å². The van der Waals surface area contributed by atoms with E-state index in [-0.39, 0.29) is 17.8 Å². The van der Waals surface area contributed by atoms with Crippen molar-refractivity contribution in [2.45, 2.75) is 72.2 Å². The molecule has 1 aromatic carbocycles. The van der Waals surface area contributed by atoms with Crippen LogP contribution in [0.15, 0.2) is 24.5 Å². The van der Waals surface area contributed by atoms with E-state index in [1.165, 1.54) is 0 Å². The van der Waals surface area contributed by atoms with Gasteiger partial charge in [0.25, 0.3) is 0 Å². The first-order chi connectivity index (χ1) is 14.0. The highest BCUT2D eigenvalue weighted by Crippen LogP contribution is 2.27. The first-order valence-electron chi connectivity index (χ1n) is 10.3. The fourth-order valence-electron chi connectivity index (χ4n) is 3.54. The zero-order valence-corrected chi connectivity index (χ0v) is 18.6. The first kappa shape index (κ1) is 21.8. The van der Waals surface area contributed by atoms with Crippen molar-refractivity contribution in [2.24, 2.45) is 0 Å². The summed E-state index contributed by atoms with van der Waals surface area (Å²) >= 11 is 0. The number of anilines is 2. The van der Waals surface area contributed by atoms with Crippen molar-refractivity contribution in [3.05, 3.63) is 35.7 Å². The number of phenols is 1.